The van der Waals surface area contributed by atoms with E-state index in [-0.39, 0.29) is 18.1 Å². The van der Waals surface area contributed by atoms with Crippen molar-refractivity contribution in [1.82, 2.24) is 15.4 Å². The van der Waals surface area contributed by atoms with Crippen LogP contribution in [0.3, 0.4) is 0 Å². The van der Waals surface area contributed by atoms with Gasteiger partial charge in [0.15, 0.2) is 0 Å². The van der Waals surface area contributed by atoms with Gasteiger partial charge in [-0.15, -0.1) is 0 Å². The van der Waals surface area contributed by atoms with Crippen LogP contribution in [0, 0.1) is 0 Å². The third-order valence-corrected chi connectivity index (χ3v) is 3.36. The second-order valence-electron chi connectivity index (χ2n) is 5.05. The lowest BCUT2D eigenvalue weighted by Crippen LogP contribution is -2.18. The molecule has 0 aliphatic carbocycles. The van der Waals surface area contributed by atoms with E-state index in [4.69, 9.17) is 0 Å². The fraction of sp³-hybridized carbons (Fsp3) is 0.118. The third kappa shape index (κ3) is 3.74. The number of para-hydroxylation sites is 3. The van der Waals surface area contributed by atoms with E-state index in [1.54, 1.807) is 24.3 Å². The molecule has 3 aromatic rings. The number of nitrogens with one attached hydrogen (secondary N) is 2. The van der Waals surface area contributed by atoms with Gasteiger partial charge in [-0.25, -0.2) is 10.4 Å². The highest BCUT2D eigenvalue weighted by Crippen LogP contribution is 2.13. The van der Waals surface area contributed by atoms with Gasteiger partial charge in [0.1, 0.15) is 11.6 Å². The standard InChI is InChI=1S/C17H16N4O2/c22-15-8-4-1-5-12(15)11-18-21-17(23)10-9-16-19-13-6-2-3-7-14(13)20-16/h1-8,11,22H,9-10H2,(H,19,20)(H,21,23). The van der Waals surface area contributed by atoms with Crippen molar-refractivity contribution >= 4 is 23.2 Å². The molecule has 3 rings (SSSR count). The molecule has 0 radical (unpaired) electrons. The quantitative estimate of drug-likeness (QED) is 0.499. The molecule has 2 aromatic carbocycles. The largest absolute Gasteiger partial charge is 0.507 e. The molecule has 0 saturated carbocycles. The number of hydrazone groups is 1. The third-order valence-electron chi connectivity index (χ3n) is 3.36. The van der Waals surface area contributed by atoms with Crippen molar-refractivity contribution in [1.29, 1.82) is 0 Å². The first-order valence-electron chi connectivity index (χ1n) is 7.26. The van der Waals surface area contributed by atoms with Gasteiger partial charge in [0, 0.05) is 18.4 Å². The van der Waals surface area contributed by atoms with Gasteiger partial charge >= 0.3 is 0 Å². The molecule has 0 fully saturated rings. The number of H-pyrrole nitrogens is 1. The molecule has 6 nitrogen and oxygen atoms in total. The number of hydrogen-bond acceptors (Lipinski definition) is 4. The summed E-state index contributed by atoms with van der Waals surface area (Å²) in [6.07, 6.45) is 2.19. The minimum absolute atomic E-state index is 0.118. The van der Waals surface area contributed by atoms with E-state index < -0.39 is 0 Å². The van der Waals surface area contributed by atoms with Gasteiger partial charge in [0.2, 0.25) is 5.91 Å². The summed E-state index contributed by atoms with van der Waals surface area (Å²) in [4.78, 5) is 19.4. The van der Waals surface area contributed by atoms with E-state index in [1.165, 1.54) is 6.21 Å². The molecular formula is C17H16N4O2. The zero-order valence-electron chi connectivity index (χ0n) is 12.4. The van der Waals surface area contributed by atoms with Crippen LogP contribution in [0.4, 0.5) is 0 Å². The van der Waals surface area contributed by atoms with Gasteiger partial charge in [-0.05, 0) is 24.3 Å². The maximum Gasteiger partial charge on any atom is 0.240 e. The van der Waals surface area contributed by atoms with Crippen LogP contribution in [-0.4, -0.2) is 27.2 Å². The van der Waals surface area contributed by atoms with Crippen molar-refractivity contribution in [3.05, 3.63) is 59.9 Å². The molecular weight excluding hydrogens is 292 g/mol. The van der Waals surface area contributed by atoms with E-state index in [0.29, 0.717) is 12.0 Å². The molecule has 0 aliphatic heterocycles. The maximum atomic E-state index is 11.8. The summed E-state index contributed by atoms with van der Waals surface area (Å²) in [6.45, 7) is 0. The number of rotatable bonds is 5. The van der Waals surface area contributed by atoms with Crippen LogP contribution in [0.2, 0.25) is 0 Å². The number of carbonyl (C=O) groups excluding carboxylic acids is 1. The SMILES string of the molecule is O=C(CCc1nc2ccccc2[nH]1)NN=Cc1ccccc1O. The number of aryl methyl sites for hydroxylation is 1. The van der Waals surface area contributed by atoms with Crippen LogP contribution in [-0.2, 0) is 11.2 Å². The van der Waals surface area contributed by atoms with Crippen molar-refractivity contribution in [3.8, 4) is 5.75 Å². The van der Waals surface area contributed by atoms with Crippen LogP contribution in [0.15, 0.2) is 53.6 Å². The molecule has 0 spiro atoms. The molecule has 0 bridgehead atoms. The molecule has 1 heterocycles. The van der Waals surface area contributed by atoms with Gasteiger partial charge in [-0.3, -0.25) is 4.79 Å². The predicted molar refractivity (Wildman–Crippen MR) is 88.3 cm³/mol. The van der Waals surface area contributed by atoms with Gasteiger partial charge in [0.05, 0.1) is 17.2 Å². The number of aromatic hydroxyl groups is 1. The van der Waals surface area contributed by atoms with Gasteiger partial charge in [-0.1, -0.05) is 24.3 Å². The summed E-state index contributed by atoms with van der Waals surface area (Å²) in [7, 11) is 0. The molecule has 0 unspecified atom stereocenters. The van der Waals surface area contributed by atoms with Crippen LogP contribution >= 0.6 is 0 Å². The second-order valence-corrected chi connectivity index (χ2v) is 5.05. The summed E-state index contributed by atoms with van der Waals surface area (Å²) in [5.74, 6) is 0.677. The average Bonchev–Trinajstić information content (AvgIpc) is 2.98. The smallest absolute Gasteiger partial charge is 0.240 e. The van der Waals surface area contributed by atoms with Crippen molar-refractivity contribution in [2.75, 3.05) is 0 Å². The number of amides is 1. The van der Waals surface area contributed by atoms with E-state index in [2.05, 4.69) is 20.5 Å². The highest BCUT2D eigenvalue weighted by molar-refractivity contribution is 5.85. The number of aromatic nitrogens is 2. The Morgan fingerprint density at radius 3 is 2.83 bits per heavy atom. The van der Waals surface area contributed by atoms with Crippen molar-refractivity contribution in [2.24, 2.45) is 5.10 Å². The van der Waals surface area contributed by atoms with Crippen molar-refractivity contribution in [2.45, 2.75) is 12.8 Å². The lowest BCUT2D eigenvalue weighted by atomic mass is 10.2. The molecule has 1 aromatic heterocycles. The first kappa shape index (κ1) is 14.8. The van der Waals surface area contributed by atoms with Crippen molar-refractivity contribution < 1.29 is 9.90 Å². The van der Waals surface area contributed by atoms with E-state index in [1.807, 2.05) is 24.3 Å². The Morgan fingerprint density at radius 2 is 2.00 bits per heavy atom. The van der Waals surface area contributed by atoms with E-state index >= 15 is 0 Å². The number of benzene rings is 2. The number of phenols is 1. The van der Waals surface area contributed by atoms with Gasteiger partial charge in [0.25, 0.3) is 0 Å². The normalized spacial score (nSPS) is 11.1. The van der Waals surface area contributed by atoms with Gasteiger partial charge in [-0.2, -0.15) is 5.10 Å². The van der Waals surface area contributed by atoms with Crippen LogP contribution in [0.25, 0.3) is 11.0 Å². The van der Waals surface area contributed by atoms with Gasteiger partial charge < -0.3 is 10.1 Å². The number of imidazole rings is 1. The Bertz CT molecular complexity index is 821. The first-order valence-corrected chi connectivity index (χ1v) is 7.26. The zero-order chi connectivity index (χ0) is 16.1. The predicted octanol–water partition coefficient (Wildman–Crippen LogP) is 2.35. The number of phenolic OH excluding ortho intramolecular Hbond substituents is 1. The Kier molecular flexibility index (Phi) is 4.33. The monoisotopic (exact) mass is 308 g/mol. The Balaban J connectivity index is 1.52. The molecule has 0 atom stereocenters. The minimum atomic E-state index is -0.211. The Morgan fingerprint density at radius 1 is 1.22 bits per heavy atom. The summed E-state index contributed by atoms with van der Waals surface area (Å²) < 4.78 is 0. The lowest BCUT2D eigenvalue weighted by molar-refractivity contribution is -0.121. The maximum absolute atomic E-state index is 11.8. The molecule has 1 amide bonds. The highest BCUT2D eigenvalue weighted by Gasteiger charge is 2.05. The molecule has 3 N–H and O–H groups in total. The summed E-state index contributed by atoms with van der Waals surface area (Å²) in [5, 5.41) is 13.4. The minimum Gasteiger partial charge on any atom is -0.507 e. The second kappa shape index (κ2) is 6.74. The number of aromatic amines is 1. The molecule has 116 valence electrons. The Hall–Kier alpha value is -3.15. The average molecular weight is 308 g/mol. The van der Waals surface area contributed by atoms with Crippen LogP contribution < -0.4 is 5.43 Å². The zero-order valence-corrected chi connectivity index (χ0v) is 12.4. The fourth-order valence-electron chi connectivity index (χ4n) is 2.18. The summed E-state index contributed by atoms with van der Waals surface area (Å²) in [6, 6.07) is 14.5. The summed E-state index contributed by atoms with van der Waals surface area (Å²) >= 11 is 0. The molecule has 23 heavy (non-hydrogen) atoms. The highest BCUT2D eigenvalue weighted by atomic mass is 16.3. The summed E-state index contributed by atoms with van der Waals surface area (Å²) in [5.41, 5.74) is 4.83. The molecule has 0 aliphatic rings. The number of fused-ring (bicyclic) bond motifs is 1. The number of hydrogen-bond donors (Lipinski definition) is 3. The number of nitrogens with zero attached hydrogens (tertiary/aromatic N) is 2. The topological polar surface area (TPSA) is 90.4 Å². The first-order chi connectivity index (χ1) is 11.2. The van der Waals surface area contributed by atoms with Crippen molar-refractivity contribution in [3.63, 3.8) is 0 Å². The van der Waals surface area contributed by atoms with Crippen LogP contribution in [0.1, 0.15) is 17.8 Å². The Labute approximate surface area is 132 Å². The molecule has 0 saturated heterocycles. The number of carbonyl (C=O) groups is 1. The van der Waals surface area contributed by atoms with Crippen LogP contribution in [0.5, 0.6) is 5.75 Å². The lowest BCUT2D eigenvalue weighted by Gasteiger charge is -1.99. The van der Waals surface area contributed by atoms with E-state index in [9.17, 15) is 9.90 Å². The molecule has 6 heteroatoms. The van der Waals surface area contributed by atoms with E-state index in [0.717, 1.165) is 16.9 Å². The fourth-order valence-corrected chi connectivity index (χ4v) is 2.18.